The highest BCUT2D eigenvalue weighted by atomic mass is 14.2. The molecule has 52 heavy (non-hydrogen) atoms. The second-order valence-corrected chi connectivity index (χ2v) is 13.7. The normalized spacial score (nSPS) is 11.5. The minimum Gasteiger partial charge on any atom is -0.0622 e. The molecule has 0 N–H and O–H groups in total. The monoisotopic (exact) mass is 658 g/mol. The van der Waals surface area contributed by atoms with Crippen LogP contribution in [0.3, 0.4) is 0 Å². The van der Waals surface area contributed by atoms with Crippen LogP contribution >= 0.6 is 0 Å². The van der Waals surface area contributed by atoms with Gasteiger partial charge in [0.15, 0.2) is 0 Å². The lowest BCUT2D eigenvalue weighted by molar-refractivity contribution is 1.61. The van der Waals surface area contributed by atoms with Crippen LogP contribution in [0.4, 0.5) is 0 Å². The van der Waals surface area contributed by atoms with Gasteiger partial charge in [0.05, 0.1) is 0 Å². The molecule has 0 aromatic heterocycles. The molecule has 10 aromatic rings. The summed E-state index contributed by atoms with van der Waals surface area (Å²) in [5.41, 5.74) is 12.4. The number of benzene rings is 10. The minimum absolute atomic E-state index is 1.22. The predicted octanol–water partition coefficient (Wildman–Crippen LogP) is 14.6. The molecular formula is C52H34. The first-order chi connectivity index (χ1) is 25.8. The van der Waals surface area contributed by atoms with Crippen LogP contribution in [0.1, 0.15) is 0 Å². The zero-order valence-corrected chi connectivity index (χ0v) is 28.6. The Morgan fingerprint density at radius 3 is 1.19 bits per heavy atom. The van der Waals surface area contributed by atoms with Crippen molar-refractivity contribution in [2.45, 2.75) is 0 Å². The fourth-order valence-corrected chi connectivity index (χ4v) is 8.11. The number of fused-ring (bicyclic) bond motifs is 5. The molecule has 0 unspecified atom stereocenters. The highest BCUT2D eigenvalue weighted by Gasteiger charge is 2.16. The lowest BCUT2D eigenvalue weighted by atomic mass is 9.87. The summed E-state index contributed by atoms with van der Waals surface area (Å²) in [6, 6.07) is 75.6. The Morgan fingerprint density at radius 2 is 0.596 bits per heavy atom. The van der Waals surface area contributed by atoms with Crippen LogP contribution in [0.15, 0.2) is 206 Å². The molecular weight excluding hydrogens is 625 g/mol. The van der Waals surface area contributed by atoms with E-state index in [-0.39, 0.29) is 0 Å². The molecule has 0 heteroatoms. The highest BCUT2D eigenvalue weighted by molar-refractivity contribution is 6.16. The molecule has 0 aliphatic heterocycles. The third kappa shape index (κ3) is 5.16. The molecule has 0 spiro atoms. The molecule has 0 heterocycles. The first kappa shape index (κ1) is 30.1. The van der Waals surface area contributed by atoms with E-state index in [4.69, 9.17) is 0 Å². The van der Waals surface area contributed by atoms with Gasteiger partial charge in [0.25, 0.3) is 0 Å². The summed E-state index contributed by atoms with van der Waals surface area (Å²) in [6.07, 6.45) is 0. The van der Waals surface area contributed by atoms with Crippen LogP contribution in [-0.4, -0.2) is 0 Å². The second-order valence-electron chi connectivity index (χ2n) is 13.7. The molecule has 0 saturated carbocycles. The fourth-order valence-electron chi connectivity index (χ4n) is 8.11. The van der Waals surface area contributed by atoms with Crippen molar-refractivity contribution in [1.29, 1.82) is 0 Å². The molecule has 0 nitrogen and oxygen atoms in total. The van der Waals surface area contributed by atoms with Crippen LogP contribution in [-0.2, 0) is 0 Å². The minimum atomic E-state index is 1.22. The van der Waals surface area contributed by atoms with Crippen molar-refractivity contribution in [2.75, 3.05) is 0 Å². The molecule has 0 radical (unpaired) electrons. The van der Waals surface area contributed by atoms with Gasteiger partial charge in [0, 0.05) is 0 Å². The van der Waals surface area contributed by atoms with Gasteiger partial charge in [-0.15, -0.1) is 0 Å². The maximum Gasteiger partial charge on any atom is -0.00928 e. The molecule has 10 rings (SSSR count). The van der Waals surface area contributed by atoms with Gasteiger partial charge in [-0.3, -0.25) is 0 Å². The first-order valence-electron chi connectivity index (χ1n) is 18.0. The summed E-state index contributed by atoms with van der Waals surface area (Å²) >= 11 is 0. The Kier molecular flexibility index (Phi) is 7.25. The van der Waals surface area contributed by atoms with Crippen molar-refractivity contribution in [3.05, 3.63) is 206 Å². The molecule has 0 atom stereocenters. The van der Waals surface area contributed by atoms with Crippen molar-refractivity contribution in [1.82, 2.24) is 0 Å². The number of rotatable bonds is 5. The van der Waals surface area contributed by atoms with Gasteiger partial charge in [-0.1, -0.05) is 176 Å². The van der Waals surface area contributed by atoms with E-state index in [2.05, 4.69) is 206 Å². The second kappa shape index (κ2) is 12.5. The highest BCUT2D eigenvalue weighted by Crippen LogP contribution is 2.43. The van der Waals surface area contributed by atoms with E-state index >= 15 is 0 Å². The van der Waals surface area contributed by atoms with Gasteiger partial charge < -0.3 is 0 Å². The first-order valence-corrected chi connectivity index (χ1v) is 18.0. The van der Waals surface area contributed by atoms with Gasteiger partial charge in [0.2, 0.25) is 0 Å². The third-order valence-corrected chi connectivity index (χ3v) is 10.6. The molecule has 0 aliphatic carbocycles. The topological polar surface area (TPSA) is 0 Å². The summed E-state index contributed by atoms with van der Waals surface area (Å²) in [4.78, 5) is 0. The largest absolute Gasteiger partial charge is 0.0622 e. The van der Waals surface area contributed by atoms with Crippen LogP contribution in [0.2, 0.25) is 0 Å². The van der Waals surface area contributed by atoms with Gasteiger partial charge in [-0.2, -0.15) is 0 Å². The van der Waals surface area contributed by atoms with Crippen molar-refractivity contribution in [3.63, 3.8) is 0 Å². The Morgan fingerprint density at radius 1 is 0.173 bits per heavy atom. The van der Waals surface area contributed by atoms with Crippen LogP contribution in [0.25, 0.3) is 98.7 Å². The van der Waals surface area contributed by atoms with Crippen molar-refractivity contribution >= 4 is 43.1 Å². The van der Waals surface area contributed by atoms with Crippen LogP contribution < -0.4 is 0 Å². The van der Waals surface area contributed by atoms with Gasteiger partial charge >= 0.3 is 0 Å². The lowest BCUT2D eigenvalue weighted by Crippen LogP contribution is -1.90. The van der Waals surface area contributed by atoms with E-state index in [1.165, 1.54) is 98.7 Å². The smallest absolute Gasteiger partial charge is 0.00928 e. The predicted molar refractivity (Wildman–Crippen MR) is 224 cm³/mol. The van der Waals surface area contributed by atoms with Gasteiger partial charge in [0.1, 0.15) is 0 Å². The van der Waals surface area contributed by atoms with E-state index < -0.39 is 0 Å². The zero-order valence-electron chi connectivity index (χ0n) is 28.6. The maximum atomic E-state index is 2.41. The van der Waals surface area contributed by atoms with Gasteiger partial charge in [-0.25, -0.2) is 0 Å². The van der Waals surface area contributed by atoms with E-state index in [0.717, 1.165) is 0 Å². The molecule has 242 valence electrons. The van der Waals surface area contributed by atoms with E-state index in [9.17, 15) is 0 Å². The Balaban J connectivity index is 1.18. The quantitative estimate of drug-likeness (QED) is 0.161. The standard InChI is InChI=1S/C52H34/c1-4-14-35(15-5-1)43-28-29-44(47-23-13-12-22-46(43)47)40-24-26-45-42(30-40)34-50(37-18-8-3-9-19-37)52-33-41(25-27-48(45)52)51-32-39-21-11-10-20-38(39)31-49(51)36-16-6-2-7-17-36/h1-34H. The SMILES string of the molecule is c1ccc(-c2cc3ccccc3cc2-c2ccc3c(c2)c(-c2ccccc2)cc2cc(-c4ccc(-c5ccccc5)c5ccccc45)ccc23)cc1. The van der Waals surface area contributed by atoms with Crippen LogP contribution in [0, 0.1) is 0 Å². The average Bonchev–Trinajstić information content (AvgIpc) is 3.23. The van der Waals surface area contributed by atoms with Crippen molar-refractivity contribution in [3.8, 4) is 55.6 Å². The van der Waals surface area contributed by atoms with Gasteiger partial charge in [-0.05, 0) is 129 Å². The summed E-state index contributed by atoms with van der Waals surface area (Å²) in [5.74, 6) is 0. The molecule has 10 aromatic carbocycles. The summed E-state index contributed by atoms with van der Waals surface area (Å²) in [7, 11) is 0. The fraction of sp³-hybridized carbons (Fsp3) is 0. The molecule has 0 fully saturated rings. The molecule has 0 bridgehead atoms. The van der Waals surface area contributed by atoms with Crippen molar-refractivity contribution < 1.29 is 0 Å². The Labute approximate surface area is 303 Å². The maximum absolute atomic E-state index is 2.41. The third-order valence-electron chi connectivity index (χ3n) is 10.6. The van der Waals surface area contributed by atoms with E-state index in [1.54, 1.807) is 0 Å². The number of hydrogen-bond donors (Lipinski definition) is 0. The Bertz CT molecular complexity index is 2920. The van der Waals surface area contributed by atoms with E-state index in [0.29, 0.717) is 0 Å². The number of hydrogen-bond acceptors (Lipinski definition) is 0. The average molecular weight is 659 g/mol. The molecule has 0 amide bonds. The van der Waals surface area contributed by atoms with Crippen molar-refractivity contribution in [2.24, 2.45) is 0 Å². The van der Waals surface area contributed by atoms with Crippen LogP contribution in [0.5, 0.6) is 0 Å². The lowest BCUT2D eigenvalue weighted by Gasteiger charge is -2.17. The molecule has 0 aliphatic rings. The summed E-state index contributed by atoms with van der Waals surface area (Å²) < 4.78 is 0. The zero-order chi connectivity index (χ0) is 34.4. The molecule has 0 saturated heterocycles. The summed E-state index contributed by atoms with van der Waals surface area (Å²) in [5, 5.41) is 10.1. The Hall–Kier alpha value is -6.76. The summed E-state index contributed by atoms with van der Waals surface area (Å²) in [6.45, 7) is 0. The van der Waals surface area contributed by atoms with E-state index in [1.807, 2.05) is 0 Å².